The summed E-state index contributed by atoms with van der Waals surface area (Å²) in [4.78, 5) is 13.7. The Kier molecular flexibility index (Phi) is 3.22. The standard InChI is InChI=1S/C12H21NO3/c1-7(2)12(15)16-9-4-8-5-11(14)10(6-9)13(8)3/h7-11,14H,4-6H2,1-3H3/t8-,9?,10+,11?/m0/s1. The molecule has 2 aliphatic rings. The van der Waals surface area contributed by atoms with E-state index in [2.05, 4.69) is 4.90 Å². The van der Waals surface area contributed by atoms with Crippen LogP contribution in [0.15, 0.2) is 0 Å². The van der Waals surface area contributed by atoms with Crippen LogP contribution in [-0.2, 0) is 9.53 Å². The van der Waals surface area contributed by atoms with Gasteiger partial charge in [0.05, 0.1) is 12.0 Å². The van der Waals surface area contributed by atoms with Crippen molar-refractivity contribution in [2.24, 2.45) is 5.92 Å². The van der Waals surface area contributed by atoms with E-state index in [4.69, 9.17) is 4.74 Å². The molecule has 0 aromatic rings. The van der Waals surface area contributed by atoms with Gasteiger partial charge in [-0.05, 0) is 13.5 Å². The van der Waals surface area contributed by atoms with Crippen LogP contribution in [0.25, 0.3) is 0 Å². The fourth-order valence-electron chi connectivity index (χ4n) is 2.80. The molecule has 0 radical (unpaired) electrons. The molecule has 4 atom stereocenters. The third-order valence-corrected chi connectivity index (χ3v) is 3.85. The van der Waals surface area contributed by atoms with E-state index < -0.39 is 0 Å². The van der Waals surface area contributed by atoms with Gasteiger partial charge >= 0.3 is 5.97 Å². The van der Waals surface area contributed by atoms with Crippen molar-refractivity contribution in [1.82, 2.24) is 4.90 Å². The number of esters is 1. The Hall–Kier alpha value is -0.610. The summed E-state index contributed by atoms with van der Waals surface area (Å²) in [5.41, 5.74) is 0. The smallest absolute Gasteiger partial charge is 0.308 e. The molecule has 2 aliphatic heterocycles. The molecular formula is C12H21NO3. The molecule has 0 aromatic carbocycles. The molecule has 2 heterocycles. The number of piperidine rings is 1. The van der Waals surface area contributed by atoms with E-state index in [0.29, 0.717) is 6.04 Å². The lowest BCUT2D eigenvalue weighted by molar-refractivity contribution is -0.156. The largest absolute Gasteiger partial charge is 0.462 e. The molecule has 4 heteroatoms. The lowest BCUT2D eigenvalue weighted by atomic mass is 10.00. The van der Waals surface area contributed by atoms with E-state index in [0.717, 1.165) is 19.3 Å². The van der Waals surface area contributed by atoms with Gasteiger partial charge in [0.1, 0.15) is 6.10 Å². The van der Waals surface area contributed by atoms with Gasteiger partial charge in [-0.1, -0.05) is 13.8 Å². The molecule has 92 valence electrons. The summed E-state index contributed by atoms with van der Waals surface area (Å²) >= 11 is 0. The number of aliphatic hydroxyl groups excluding tert-OH is 1. The highest BCUT2D eigenvalue weighted by Crippen LogP contribution is 2.35. The number of aliphatic hydroxyl groups is 1. The van der Waals surface area contributed by atoms with Crippen LogP contribution in [0.2, 0.25) is 0 Å². The SMILES string of the molecule is CC(C)C(=O)OC1C[C@H]2CC(O)[C@@H](C1)N2C. The van der Waals surface area contributed by atoms with Crippen molar-refractivity contribution in [2.75, 3.05) is 7.05 Å². The van der Waals surface area contributed by atoms with E-state index in [1.807, 2.05) is 20.9 Å². The second-order valence-electron chi connectivity index (χ2n) is 5.37. The van der Waals surface area contributed by atoms with Gasteiger partial charge in [0.25, 0.3) is 0 Å². The number of carbonyl (C=O) groups is 1. The van der Waals surface area contributed by atoms with Crippen LogP contribution in [-0.4, -0.2) is 47.3 Å². The van der Waals surface area contributed by atoms with Crippen LogP contribution in [0.5, 0.6) is 0 Å². The normalized spacial score (nSPS) is 39.1. The number of hydrogen-bond acceptors (Lipinski definition) is 4. The summed E-state index contributed by atoms with van der Waals surface area (Å²) in [6.45, 7) is 3.70. The highest BCUT2D eigenvalue weighted by Gasteiger charge is 2.45. The Morgan fingerprint density at radius 1 is 1.38 bits per heavy atom. The zero-order valence-corrected chi connectivity index (χ0v) is 10.2. The Morgan fingerprint density at radius 3 is 2.62 bits per heavy atom. The van der Waals surface area contributed by atoms with Crippen LogP contribution in [0, 0.1) is 5.92 Å². The van der Waals surface area contributed by atoms with E-state index in [9.17, 15) is 9.90 Å². The molecule has 2 rings (SSSR count). The number of rotatable bonds is 2. The lowest BCUT2D eigenvalue weighted by Crippen LogP contribution is -2.45. The van der Waals surface area contributed by atoms with E-state index in [-0.39, 0.29) is 30.1 Å². The van der Waals surface area contributed by atoms with Gasteiger partial charge in [0, 0.05) is 24.9 Å². The summed E-state index contributed by atoms with van der Waals surface area (Å²) in [6.07, 6.45) is 2.20. The molecule has 4 nitrogen and oxygen atoms in total. The van der Waals surface area contributed by atoms with Gasteiger partial charge in [-0.25, -0.2) is 0 Å². The predicted molar refractivity (Wildman–Crippen MR) is 59.9 cm³/mol. The minimum Gasteiger partial charge on any atom is -0.462 e. The predicted octanol–water partition coefficient (Wildman–Crippen LogP) is 0.782. The maximum atomic E-state index is 11.5. The molecule has 0 aliphatic carbocycles. The molecular weight excluding hydrogens is 206 g/mol. The second kappa shape index (κ2) is 4.34. The van der Waals surface area contributed by atoms with E-state index in [1.54, 1.807) is 0 Å². The molecule has 0 amide bonds. The number of likely N-dealkylation sites (N-methyl/N-ethyl adjacent to an activating group) is 1. The number of carbonyl (C=O) groups excluding carboxylic acids is 1. The van der Waals surface area contributed by atoms with Gasteiger partial charge in [-0.3, -0.25) is 9.69 Å². The zero-order valence-electron chi connectivity index (χ0n) is 10.2. The molecule has 2 saturated heterocycles. The van der Waals surface area contributed by atoms with Crippen molar-refractivity contribution >= 4 is 5.97 Å². The Balaban J connectivity index is 1.94. The Morgan fingerprint density at radius 2 is 2.06 bits per heavy atom. The van der Waals surface area contributed by atoms with E-state index >= 15 is 0 Å². The first-order chi connectivity index (χ1) is 7.49. The molecule has 2 bridgehead atoms. The van der Waals surface area contributed by atoms with Crippen molar-refractivity contribution < 1.29 is 14.6 Å². The highest BCUT2D eigenvalue weighted by molar-refractivity contribution is 5.71. The second-order valence-corrected chi connectivity index (χ2v) is 5.37. The maximum Gasteiger partial charge on any atom is 0.308 e. The van der Waals surface area contributed by atoms with Crippen molar-refractivity contribution in [1.29, 1.82) is 0 Å². The quantitative estimate of drug-likeness (QED) is 0.708. The number of ether oxygens (including phenoxy) is 1. The summed E-state index contributed by atoms with van der Waals surface area (Å²) in [6, 6.07) is 0.544. The molecule has 0 spiro atoms. The van der Waals surface area contributed by atoms with Crippen molar-refractivity contribution in [3.05, 3.63) is 0 Å². The average Bonchev–Trinajstić information content (AvgIpc) is 2.38. The van der Waals surface area contributed by atoms with E-state index in [1.165, 1.54) is 0 Å². The molecule has 2 unspecified atom stereocenters. The van der Waals surface area contributed by atoms with Gasteiger partial charge in [-0.15, -0.1) is 0 Å². The number of fused-ring (bicyclic) bond motifs is 2. The Bertz CT molecular complexity index is 279. The third kappa shape index (κ3) is 2.09. The molecule has 2 fully saturated rings. The average molecular weight is 227 g/mol. The third-order valence-electron chi connectivity index (χ3n) is 3.85. The van der Waals surface area contributed by atoms with Crippen LogP contribution >= 0.6 is 0 Å². The molecule has 16 heavy (non-hydrogen) atoms. The fourth-order valence-corrected chi connectivity index (χ4v) is 2.80. The van der Waals surface area contributed by atoms with Gasteiger partial charge in [0.2, 0.25) is 0 Å². The Labute approximate surface area is 96.6 Å². The molecule has 0 aromatic heterocycles. The number of nitrogens with zero attached hydrogens (tertiary/aromatic N) is 1. The van der Waals surface area contributed by atoms with Crippen molar-refractivity contribution in [3.8, 4) is 0 Å². The lowest BCUT2D eigenvalue weighted by Gasteiger charge is -2.36. The summed E-state index contributed by atoms with van der Waals surface area (Å²) in [7, 11) is 2.05. The minimum atomic E-state index is -0.252. The maximum absolute atomic E-state index is 11.5. The summed E-state index contributed by atoms with van der Waals surface area (Å²) in [5.74, 6) is -0.189. The highest BCUT2D eigenvalue weighted by atomic mass is 16.5. The summed E-state index contributed by atoms with van der Waals surface area (Å²) in [5, 5.41) is 9.85. The zero-order chi connectivity index (χ0) is 11.9. The van der Waals surface area contributed by atoms with Gasteiger partial charge < -0.3 is 9.84 Å². The summed E-state index contributed by atoms with van der Waals surface area (Å²) < 4.78 is 5.45. The van der Waals surface area contributed by atoms with Crippen LogP contribution < -0.4 is 0 Å². The first-order valence-corrected chi connectivity index (χ1v) is 6.09. The first kappa shape index (κ1) is 11.9. The monoisotopic (exact) mass is 227 g/mol. The van der Waals surface area contributed by atoms with Crippen LogP contribution in [0.1, 0.15) is 33.1 Å². The fraction of sp³-hybridized carbons (Fsp3) is 0.917. The molecule has 0 saturated carbocycles. The minimum absolute atomic E-state index is 0.00162. The number of hydrogen-bond donors (Lipinski definition) is 1. The van der Waals surface area contributed by atoms with Crippen LogP contribution in [0.4, 0.5) is 0 Å². The van der Waals surface area contributed by atoms with Crippen LogP contribution in [0.3, 0.4) is 0 Å². The van der Waals surface area contributed by atoms with Crippen molar-refractivity contribution in [2.45, 2.75) is 57.4 Å². The topological polar surface area (TPSA) is 49.8 Å². The molecule has 1 N–H and O–H groups in total. The van der Waals surface area contributed by atoms with Gasteiger partial charge in [-0.2, -0.15) is 0 Å². The van der Waals surface area contributed by atoms with Crippen molar-refractivity contribution in [3.63, 3.8) is 0 Å². The first-order valence-electron chi connectivity index (χ1n) is 6.09. The van der Waals surface area contributed by atoms with Gasteiger partial charge in [0.15, 0.2) is 0 Å².